The Morgan fingerprint density at radius 3 is 2.29 bits per heavy atom. The topological polar surface area (TPSA) is 20.2 Å². The first-order valence-electron chi connectivity index (χ1n) is 5.93. The van der Waals surface area contributed by atoms with Crippen molar-refractivity contribution >= 4 is 10.8 Å². The van der Waals surface area contributed by atoms with Crippen molar-refractivity contribution in [2.24, 2.45) is 0 Å². The average Bonchev–Trinajstić information content (AvgIpc) is 2.26. The number of benzene rings is 2. The largest absolute Gasteiger partial charge is 0.382 e. The number of aliphatic hydroxyl groups excluding tert-OH is 1. The molecule has 1 N–H and O–H groups in total. The molecule has 0 aliphatic rings. The predicted octanol–water partition coefficient (Wildman–Crippen LogP) is 2.58. The molecule has 2 aromatic carbocycles. The van der Waals surface area contributed by atoms with Gasteiger partial charge in [-0.1, -0.05) is 36.4 Å². The summed E-state index contributed by atoms with van der Waals surface area (Å²) in [5.41, 5.74) is 0.997. The van der Waals surface area contributed by atoms with Gasteiger partial charge in [-0.05, 0) is 22.4 Å². The first-order valence-corrected chi connectivity index (χ1v) is 5.93. The van der Waals surface area contributed by atoms with Gasteiger partial charge in [0.25, 0.3) is 0 Å². The summed E-state index contributed by atoms with van der Waals surface area (Å²) >= 11 is 0. The van der Waals surface area contributed by atoms with Gasteiger partial charge in [0.2, 0.25) is 0 Å². The SMILES string of the molecule is C[N+](C)(C)CC(O)c1ccc2ccccc2c1. The Bertz CT molecular complexity index is 514. The highest BCUT2D eigenvalue weighted by molar-refractivity contribution is 5.83. The van der Waals surface area contributed by atoms with Gasteiger partial charge in [0.05, 0.1) is 21.1 Å². The van der Waals surface area contributed by atoms with Gasteiger partial charge in [0.15, 0.2) is 0 Å². The molecule has 17 heavy (non-hydrogen) atoms. The van der Waals surface area contributed by atoms with Crippen LogP contribution >= 0.6 is 0 Å². The summed E-state index contributed by atoms with van der Waals surface area (Å²) in [4.78, 5) is 0. The van der Waals surface area contributed by atoms with Gasteiger partial charge < -0.3 is 9.59 Å². The van der Waals surface area contributed by atoms with Gasteiger partial charge >= 0.3 is 0 Å². The molecule has 0 saturated heterocycles. The fraction of sp³-hybridized carbons (Fsp3) is 0.333. The van der Waals surface area contributed by atoms with Crippen LogP contribution in [0.15, 0.2) is 42.5 Å². The van der Waals surface area contributed by atoms with E-state index >= 15 is 0 Å². The van der Waals surface area contributed by atoms with Crippen LogP contribution in [0.3, 0.4) is 0 Å². The third kappa shape index (κ3) is 3.05. The third-order valence-corrected chi connectivity index (χ3v) is 2.88. The standard InChI is InChI=1S/C15H20NO/c1-16(2,3)11-15(17)14-9-8-12-6-4-5-7-13(12)10-14/h4-10,15,17H,11H2,1-3H3/q+1. The molecule has 2 heteroatoms. The van der Waals surface area contributed by atoms with Gasteiger partial charge in [-0.2, -0.15) is 0 Å². The summed E-state index contributed by atoms with van der Waals surface area (Å²) in [6, 6.07) is 14.4. The van der Waals surface area contributed by atoms with Crippen molar-refractivity contribution in [1.82, 2.24) is 0 Å². The Labute approximate surface area is 103 Å². The molecule has 90 valence electrons. The number of nitrogens with zero attached hydrogens (tertiary/aromatic N) is 1. The summed E-state index contributed by atoms with van der Waals surface area (Å²) < 4.78 is 0.758. The van der Waals surface area contributed by atoms with Crippen LogP contribution in [-0.4, -0.2) is 37.3 Å². The van der Waals surface area contributed by atoms with Crippen molar-refractivity contribution in [2.45, 2.75) is 6.10 Å². The molecule has 0 amide bonds. The highest BCUT2D eigenvalue weighted by Crippen LogP contribution is 2.21. The van der Waals surface area contributed by atoms with Crippen molar-refractivity contribution in [3.63, 3.8) is 0 Å². The number of quaternary nitrogens is 1. The van der Waals surface area contributed by atoms with Crippen LogP contribution < -0.4 is 0 Å². The lowest BCUT2D eigenvalue weighted by atomic mass is 10.0. The maximum Gasteiger partial charge on any atom is 0.128 e. The maximum absolute atomic E-state index is 10.2. The Balaban J connectivity index is 2.30. The number of aliphatic hydroxyl groups is 1. The molecule has 0 aliphatic heterocycles. The molecule has 0 saturated carbocycles. The van der Waals surface area contributed by atoms with Crippen LogP contribution in [0.25, 0.3) is 10.8 Å². The fourth-order valence-electron chi connectivity index (χ4n) is 2.04. The first kappa shape index (κ1) is 12.1. The molecule has 2 aromatic rings. The number of hydrogen-bond donors (Lipinski definition) is 1. The molecule has 0 radical (unpaired) electrons. The highest BCUT2D eigenvalue weighted by atomic mass is 16.3. The number of rotatable bonds is 3. The molecule has 0 heterocycles. The van der Waals surface area contributed by atoms with Crippen molar-refractivity contribution < 1.29 is 9.59 Å². The van der Waals surface area contributed by atoms with Gasteiger partial charge in [0, 0.05) is 0 Å². The van der Waals surface area contributed by atoms with E-state index in [1.54, 1.807) is 0 Å². The normalized spacial score (nSPS) is 13.9. The number of fused-ring (bicyclic) bond motifs is 1. The molecular weight excluding hydrogens is 210 g/mol. The lowest BCUT2D eigenvalue weighted by molar-refractivity contribution is -0.874. The Morgan fingerprint density at radius 2 is 1.65 bits per heavy atom. The molecule has 0 spiro atoms. The second-order valence-corrected chi connectivity index (χ2v) is 5.60. The molecule has 2 nitrogen and oxygen atoms in total. The lowest BCUT2D eigenvalue weighted by Gasteiger charge is -2.27. The van der Waals surface area contributed by atoms with Crippen molar-refractivity contribution in [1.29, 1.82) is 0 Å². The number of likely N-dealkylation sites (N-methyl/N-ethyl adjacent to an activating group) is 1. The summed E-state index contributed by atoms with van der Waals surface area (Å²) in [7, 11) is 6.26. The van der Waals surface area contributed by atoms with Crippen LogP contribution in [0, 0.1) is 0 Å². The van der Waals surface area contributed by atoms with E-state index in [-0.39, 0.29) is 0 Å². The van der Waals surface area contributed by atoms with Crippen LogP contribution in [-0.2, 0) is 0 Å². The molecule has 0 bridgehead atoms. The van der Waals surface area contributed by atoms with Crippen LogP contribution in [0.4, 0.5) is 0 Å². The predicted molar refractivity (Wildman–Crippen MR) is 71.8 cm³/mol. The Hall–Kier alpha value is -1.38. The van der Waals surface area contributed by atoms with Crippen molar-refractivity contribution in [3.05, 3.63) is 48.0 Å². The number of hydrogen-bond acceptors (Lipinski definition) is 1. The van der Waals surface area contributed by atoms with E-state index in [0.717, 1.165) is 16.6 Å². The van der Waals surface area contributed by atoms with Crippen LogP contribution in [0.5, 0.6) is 0 Å². The quantitative estimate of drug-likeness (QED) is 0.804. The molecule has 0 aromatic heterocycles. The van der Waals surface area contributed by atoms with Crippen molar-refractivity contribution in [2.75, 3.05) is 27.7 Å². The molecule has 2 rings (SSSR count). The molecular formula is C15H20NO+. The molecule has 0 fully saturated rings. The second-order valence-electron chi connectivity index (χ2n) is 5.60. The summed E-state index contributed by atoms with van der Waals surface area (Å²) in [5, 5.41) is 12.6. The lowest BCUT2D eigenvalue weighted by Crippen LogP contribution is -2.38. The van der Waals surface area contributed by atoms with E-state index < -0.39 is 6.10 Å². The van der Waals surface area contributed by atoms with Gasteiger partial charge in [-0.3, -0.25) is 0 Å². The van der Waals surface area contributed by atoms with Gasteiger partial charge in [-0.15, -0.1) is 0 Å². The Kier molecular flexibility index (Phi) is 3.18. The van der Waals surface area contributed by atoms with Crippen LogP contribution in [0.1, 0.15) is 11.7 Å². The smallest absolute Gasteiger partial charge is 0.128 e. The highest BCUT2D eigenvalue weighted by Gasteiger charge is 2.17. The maximum atomic E-state index is 10.2. The van der Waals surface area contributed by atoms with Crippen LogP contribution in [0.2, 0.25) is 0 Å². The minimum absolute atomic E-state index is 0.403. The molecule has 1 atom stereocenters. The zero-order chi connectivity index (χ0) is 12.5. The van der Waals surface area contributed by atoms with E-state index in [9.17, 15) is 5.11 Å². The van der Waals surface area contributed by atoms with Gasteiger partial charge in [0.1, 0.15) is 12.6 Å². The minimum atomic E-state index is -0.403. The summed E-state index contributed by atoms with van der Waals surface area (Å²) in [5.74, 6) is 0. The van der Waals surface area contributed by atoms with Crippen molar-refractivity contribution in [3.8, 4) is 0 Å². The minimum Gasteiger partial charge on any atom is -0.382 e. The van der Waals surface area contributed by atoms with Gasteiger partial charge in [-0.25, -0.2) is 0 Å². The Morgan fingerprint density at radius 1 is 1.00 bits per heavy atom. The zero-order valence-corrected chi connectivity index (χ0v) is 10.7. The zero-order valence-electron chi connectivity index (χ0n) is 10.7. The summed E-state index contributed by atoms with van der Waals surface area (Å²) in [6.07, 6.45) is -0.403. The summed E-state index contributed by atoms with van der Waals surface area (Å²) in [6.45, 7) is 0.721. The second kappa shape index (κ2) is 4.47. The molecule has 1 unspecified atom stereocenters. The van der Waals surface area contributed by atoms with E-state index in [2.05, 4.69) is 45.4 Å². The van der Waals surface area contributed by atoms with E-state index in [4.69, 9.17) is 0 Å². The van der Waals surface area contributed by atoms with E-state index in [0.29, 0.717) is 0 Å². The van der Waals surface area contributed by atoms with E-state index in [1.807, 2.05) is 18.2 Å². The third-order valence-electron chi connectivity index (χ3n) is 2.88. The fourth-order valence-corrected chi connectivity index (χ4v) is 2.04. The van der Waals surface area contributed by atoms with E-state index in [1.165, 1.54) is 10.8 Å². The first-order chi connectivity index (χ1) is 7.96. The molecule has 0 aliphatic carbocycles. The monoisotopic (exact) mass is 230 g/mol. The average molecular weight is 230 g/mol.